The molecule has 2 aromatic heterocycles. The van der Waals surface area contributed by atoms with Crippen LogP contribution >= 0.6 is 11.5 Å². The van der Waals surface area contributed by atoms with Crippen LogP contribution in [-0.2, 0) is 6.42 Å². The quantitative estimate of drug-likeness (QED) is 0.347. The zero-order valence-electron chi connectivity index (χ0n) is 17.1. The van der Waals surface area contributed by atoms with E-state index in [2.05, 4.69) is 26.1 Å². The molecular formula is C25H20N4O2S. The molecule has 32 heavy (non-hydrogen) atoms. The number of hydrogen-bond acceptors (Lipinski definition) is 4. The second kappa shape index (κ2) is 8.64. The summed E-state index contributed by atoms with van der Waals surface area (Å²) in [7, 11) is 0. The van der Waals surface area contributed by atoms with E-state index in [0.29, 0.717) is 29.9 Å². The maximum atomic E-state index is 12.9. The fourth-order valence-electron chi connectivity index (χ4n) is 3.77. The number of nitrogens with one attached hydrogen (secondary N) is 3. The standard InChI is InChI=1S/C25H20N4O2S/c30-24(26-14-13-16-15-27-20-10-4-1-7-17(16)20)18-8-2-5-11-21(18)28-25(31)23-19-9-3-6-12-22(19)32-29-23/h1-12,15,27H,13-14H2,(H,26,30)(H,28,31). The smallest absolute Gasteiger partial charge is 0.276 e. The summed E-state index contributed by atoms with van der Waals surface area (Å²) in [5, 5.41) is 7.77. The van der Waals surface area contributed by atoms with Gasteiger partial charge in [-0.2, -0.15) is 4.37 Å². The fraction of sp³-hybridized carbons (Fsp3) is 0.0800. The average molecular weight is 441 g/mol. The summed E-state index contributed by atoms with van der Waals surface area (Å²) >= 11 is 1.28. The molecule has 0 atom stereocenters. The Hall–Kier alpha value is -3.97. The minimum absolute atomic E-state index is 0.233. The SMILES string of the molecule is O=C(NCCc1c[nH]c2ccccc12)c1ccccc1NC(=O)c1nsc2ccccc12. The van der Waals surface area contributed by atoms with Crippen molar-refractivity contribution >= 4 is 50.0 Å². The first-order valence-electron chi connectivity index (χ1n) is 10.3. The largest absolute Gasteiger partial charge is 0.361 e. The Morgan fingerprint density at radius 1 is 0.875 bits per heavy atom. The molecule has 0 saturated carbocycles. The van der Waals surface area contributed by atoms with Crippen LogP contribution in [0, 0.1) is 0 Å². The minimum Gasteiger partial charge on any atom is -0.361 e. The summed E-state index contributed by atoms with van der Waals surface area (Å²) < 4.78 is 5.24. The van der Waals surface area contributed by atoms with E-state index in [9.17, 15) is 9.59 Å². The average Bonchev–Trinajstić information content (AvgIpc) is 3.44. The van der Waals surface area contributed by atoms with Crippen LogP contribution in [-0.4, -0.2) is 27.7 Å². The van der Waals surface area contributed by atoms with Crippen molar-refractivity contribution in [3.63, 3.8) is 0 Å². The number of fused-ring (bicyclic) bond motifs is 2. The highest BCUT2D eigenvalue weighted by Gasteiger charge is 2.18. The van der Waals surface area contributed by atoms with Crippen LogP contribution in [0.3, 0.4) is 0 Å². The highest BCUT2D eigenvalue weighted by molar-refractivity contribution is 7.13. The number of amides is 2. The zero-order valence-corrected chi connectivity index (χ0v) is 17.9. The van der Waals surface area contributed by atoms with Gasteiger partial charge in [0.05, 0.1) is 16.0 Å². The van der Waals surface area contributed by atoms with Crippen LogP contribution in [0.4, 0.5) is 5.69 Å². The van der Waals surface area contributed by atoms with Crippen molar-refractivity contribution in [3.8, 4) is 0 Å². The third-order valence-electron chi connectivity index (χ3n) is 5.37. The number of benzene rings is 3. The first kappa shape index (κ1) is 20.0. The molecule has 0 fully saturated rings. The molecule has 2 heterocycles. The number of anilines is 1. The number of hydrogen-bond donors (Lipinski definition) is 3. The number of para-hydroxylation sites is 2. The number of carbonyl (C=O) groups excluding carboxylic acids is 2. The Kier molecular flexibility index (Phi) is 5.39. The first-order chi connectivity index (χ1) is 15.7. The van der Waals surface area contributed by atoms with E-state index in [4.69, 9.17) is 0 Å². The highest BCUT2D eigenvalue weighted by Crippen LogP contribution is 2.24. The monoisotopic (exact) mass is 440 g/mol. The molecule has 0 aliphatic rings. The van der Waals surface area contributed by atoms with Crippen molar-refractivity contribution in [3.05, 3.63) is 95.8 Å². The third kappa shape index (κ3) is 3.86. The van der Waals surface area contributed by atoms with Crippen molar-refractivity contribution in [2.75, 3.05) is 11.9 Å². The normalized spacial score (nSPS) is 11.0. The Balaban J connectivity index is 1.28. The number of H-pyrrole nitrogens is 1. The molecule has 7 heteroatoms. The van der Waals surface area contributed by atoms with Gasteiger partial charge in [-0.25, -0.2) is 0 Å². The van der Waals surface area contributed by atoms with Gasteiger partial charge in [0.2, 0.25) is 0 Å². The lowest BCUT2D eigenvalue weighted by Crippen LogP contribution is -2.27. The predicted molar refractivity (Wildman–Crippen MR) is 128 cm³/mol. The van der Waals surface area contributed by atoms with Gasteiger partial charge in [0.15, 0.2) is 0 Å². The summed E-state index contributed by atoms with van der Waals surface area (Å²) in [5.41, 5.74) is 3.47. The predicted octanol–water partition coefficient (Wildman–Crippen LogP) is 5.00. The van der Waals surface area contributed by atoms with Gasteiger partial charge in [-0.3, -0.25) is 9.59 Å². The molecule has 0 spiro atoms. The van der Waals surface area contributed by atoms with E-state index in [-0.39, 0.29) is 11.8 Å². The van der Waals surface area contributed by atoms with Gasteiger partial charge in [0, 0.05) is 29.0 Å². The Labute approximate surface area is 188 Å². The number of rotatable bonds is 6. The minimum atomic E-state index is -0.332. The van der Waals surface area contributed by atoms with Gasteiger partial charge in [0.25, 0.3) is 11.8 Å². The summed E-state index contributed by atoms with van der Waals surface area (Å²) in [6.07, 6.45) is 2.68. The molecule has 3 N–H and O–H groups in total. The van der Waals surface area contributed by atoms with Crippen LogP contribution < -0.4 is 10.6 Å². The molecule has 3 aromatic carbocycles. The molecule has 0 bridgehead atoms. The fourth-order valence-corrected chi connectivity index (χ4v) is 4.54. The van der Waals surface area contributed by atoms with Crippen molar-refractivity contribution in [2.45, 2.75) is 6.42 Å². The zero-order chi connectivity index (χ0) is 21.9. The molecule has 0 radical (unpaired) electrons. The van der Waals surface area contributed by atoms with Crippen molar-refractivity contribution in [1.82, 2.24) is 14.7 Å². The maximum Gasteiger partial charge on any atom is 0.276 e. The Morgan fingerprint density at radius 2 is 1.62 bits per heavy atom. The molecule has 6 nitrogen and oxygen atoms in total. The van der Waals surface area contributed by atoms with Gasteiger partial charge in [-0.1, -0.05) is 48.5 Å². The maximum absolute atomic E-state index is 12.9. The van der Waals surface area contributed by atoms with Crippen LogP contribution in [0.15, 0.2) is 79.0 Å². The van der Waals surface area contributed by atoms with E-state index < -0.39 is 0 Å². The van der Waals surface area contributed by atoms with E-state index in [1.54, 1.807) is 24.3 Å². The summed E-state index contributed by atoms with van der Waals surface area (Å²) in [6.45, 7) is 0.486. The van der Waals surface area contributed by atoms with E-state index in [0.717, 1.165) is 26.6 Å². The van der Waals surface area contributed by atoms with Crippen molar-refractivity contribution < 1.29 is 9.59 Å². The lowest BCUT2D eigenvalue weighted by atomic mass is 10.1. The molecule has 0 aliphatic heterocycles. The molecule has 0 unspecified atom stereocenters. The second-order valence-electron chi connectivity index (χ2n) is 7.39. The van der Waals surface area contributed by atoms with Crippen LogP contribution in [0.1, 0.15) is 26.4 Å². The molecule has 5 aromatic rings. The molecule has 0 saturated heterocycles. The van der Waals surface area contributed by atoms with Gasteiger partial charge in [-0.15, -0.1) is 0 Å². The summed E-state index contributed by atoms with van der Waals surface area (Å²) in [6, 6.07) is 22.7. The first-order valence-corrected chi connectivity index (χ1v) is 11.1. The summed E-state index contributed by atoms with van der Waals surface area (Å²) in [4.78, 5) is 29.0. The van der Waals surface area contributed by atoms with Crippen LogP contribution in [0.2, 0.25) is 0 Å². The van der Waals surface area contributed by atoms with E-state index >= 15 is 0 Å². The van der Waals surface area contributed by atoms with E-state index in [1.807, 2.05) is 48.7 Å². The number of aromatic amines is 1. The lowest BCUT2D eigenvalue weighted by Gasteiger charge is -2.11. The summed E-state index contributed by atoms with van der Waals surface area (Å²) in [5.74, 6) is -0.564. The van der Waals surface area contributed by atoms with Crippen molar-refractivity contribution in [1.29, 1.82) is 0 Å². The van der Waals surface area contributed by atoms with Gasteiger partial charge in [0.1, 0.15) is 5.69 Å². The van der Waals surface area contributed by atoms with Crippen LogP contribution in [0.5, 0.6) is 0 Å². The van der Waals surface area contributed by atoms with Gasteiger partial charge in [-0.05, 0) is 47.8 Å². The van der Waals surface area contributed by atoms with Crippen LogP contribution in [0.25, 0.3) is 21.0 Å². The molecule has 158 valence electrons. The lowest BCUT2D eigenvalue weighted by molar-refractivity contribution is 0.0955. The molecule has 2 amide bonds. The van der Waals surface area contributed by atoms with E-state index in [1.165, 1.54) is 11.5 Å². The van der Waals surface area contributed by atoms with Gasteiger partial charge >= 0.3 is 0 Å². The number of aromatic nitrogens is 2. The highest BCUT2D eigenvalue weighted by atomic mass is 32.1. The number of carbonyl (C=O) groups is 2. The Morgan fingerprint density at radius 3 is 2.53 bits per heavy atom. The Bertz CT molecular complexity index is 1440. The van der Waals surface area contributed by atoms with Crippen molar-refractivity contribution in [2.24, 2.45) is 0 Å². The number of nitrogens with zero attached hydrogens (tertiary/aromatic N) is 1. The molecule has 5 rings (SSSR count). The van der Waals surface area contributed by atoms with Gasteiger partial charge < -0.3 is 15.6 Å². The molecular weight excluding hydrogens is 420 g/mol. The third-order valence-corrected chi connectivity index (χ3v) is 6.19. The topological polar surface area (TPSA) is 86.9 Å². The second-order valence-corrected chi connectivity index (χ2v) is 8.20. The molecule has 0 aliphatic carbocycles.